The van der Waals surface area contributed by atoms with Crippen LogP contribution in [-0.2, 0) is 0 Å². The second kappa shape index (κ2) is 9.55. The second-order valence-corrected chi connectivity index (χ2v) is 8.33. The number of unbranched alkanes of at least 4 members (excludes halogenated alkanes) is 1. The summed E-state index contributed by atoms with van der Waals surface area (Å²) in [6.45, 7) is 4.08. The number of guanidine groups is 1. The molecule has 3 nitrogen and oxygen atoms in total. The molecule has 1 aliphatic heterocycles. The first-order chi connectivity index (χ1) is 14.7. The van der Waals surface area contributed by atoms with Crippen molar-refractivity contribution in [1.82, 2.24) is 4.90 Å². The third-order valence-electron chi connectivity index (χ3n) is 5.33. The van der Waals surface area contributed by atoms with Gasteiger partial charge in [-0.3, -0.25) is 0 Å². The van der Waals surface area contributed by atoms with Crippen molar-refractivity contribution in [3.8, 4) is 0 Å². The van der Waals surface area contributed by atoms with Gasteiger partial charge in [0.25, 0.3) is 0 Å². The van der Waals surface area contributed by atoms with Gasteiger partial charge in [-0.2, -0.15) is 0 Å². The Labute approximate surface area is 188 Å². The van der Waals surface area contributed by atoms with Crippen LogP contribution in [0.5, 0.6) is 0 Å². The lowest BCUT2D eigenvalue weighted by Crippen LogP contribution is -2.34. The molecule has 0 N–H and O–H groups in total. The Balaban J connectivity index is 1.81. The Morgan fingerprint density at radius 1 is 0.867 bits per heavy atom. The highest BCUT2D eigenvalue weighted by Crippen LogP contribution is 2.36. The van der Waals surface area contributed by atoms with Gasteiger partial charge in [0.1, 0.15) is 0 Å². The van der Waals surface area contributed by atoms with E-state index in [9.17, 15) is 0 Å². The average molecular weight is 438 g/mol. The van der Waals surface area contributed by atoms with E-state index in [1.54, 1.807) is 0 Å². The molecule has 154 valence electrons. The maximum absolute atomic E-state index is 6.18. The van der Waals surface area contributed by atoms with Crippen molar-refractivity contribution in [2.75, 3.05) is 18.0 Å². The van der Waals surface area contributed by atoms with Crippen LogP contribution in [0.4, 0.5) is 11.4 Å². The first-order valence-electron chi connectivity index (χ1n) is 10.3. The molecule has 30 heavy (non-hydrogen) atoms. The van der Waals surface area contributed by atoms with Gasteiger partial charge in [0.05, 0.1) is 11.7 Å². The van der Waals surface area contributed by atoms with E-state index in [2.05, 4.69) is 59.2 Å². The van der Waals surface area contributed by atoms with Crippen LogP contribution < -0.4 is 4.90 Å². The fraction of sp³-hybridized carbons (Fsp3) is 0.240. The van der Waals surface area contributed by atoms with E-state index in [4.69, 9.17) is 28.2 Å². The third-order valence-corrected chi connectivity index (χ3v) is 5.83. The van der Waals surface area contributed by atoms with Gasteiger partial charge >= 0.3 is 0 Å². The van der Waals surface area contributed by atoms with Gasteiger partial charge in [-0.05, 0) is 60.5 Å². The van der Waals surface area contributed by atoms with Gasteiger partial charge in [0.15, 0.2) is 0 Å². The standard InChI is InChI=1S/C25H25Cl2N3/c1-2-3-17-29-18-24(19-7-5-4-6-8-19)30(23-15-11-21(27)12-16-23)25(29)28-22-13-9-20(26)10-14-22/h4-16,24H,2-3,17-18H2,1H3/t24-/m0/s1. The largest absolute Gasteiger partial charge is 0.340 e. The number of benzene rings is 3. The molecule has 0 radical (unpaired) electrons. The van der Waals surface area contributed by atoms with Gasteiger partial charge in [0, 0.05) is 28.8 Å². The topological polar surface area (TPSA) is 18.8 Å². The van der Waals surface area contributed by atoms with E-state index in [1.165, 1.54) is 5.56 Å². The number of nitrogens with zero attached hydrogens (tertiary/aromatic N) is 3. The molecule has 3 aromatic carbocycles. The van der Waals surface area contributed by atoms with Crippen molar-refractivity contribution in [2.45, 2.75) is 25.8 Å². The molecule has 1 fully saturated rings. The lowest BCUT2D eigenvalue weighted by Gasteiger charge is -2.27. The highest BCUT2D eigenvalue weighted by Gasteiger charge is 2.37. The number of hydrogen-bond acceptors (Lipinski definition) is 1. The van der Waals surface area contributed by atoms with E-state index >= 15 is 0 Å². The molecule has 1 heterocycles. The Morgan fingerprint density at radius 2 is 1.50 bits per heavy atom. The number of anilines is 1. The van der Waals surface area contributed by atoms with Crippen LogP contribution in [0.15, 0.2) is 83.9 Å². The normalized spacial score (nSPS) is 17.7. The monoisotopic (exact) mass is 437 g/mol. The Morgan fingerprint density at radius 3 is 2.13 bits per heavy atom. The van der Waals surface area contributed by atoms with Crippen LogP contribution in [0, 0.1) is 0 Å². The smallest absolute Gasteiger partial charge is 0.207 e. The molecule has 4 rings (SSSR count). The summed E-state index contributed by atoms with van der Waals surface area (Å²) in [5.74, 6) is 0.960. The lowest BCUT2D eigenvalue weighted by molar-refractivity contribution is 0.424. The molecular formula is C25H25Cl2N3. The minimum atomic E-state index is 0.176. The van der Waals surface area contributed by atoms with Crippen molar-refractivity contribution >= 4 is 40.5 Å². The zero-order chi connectivity index (χ0) is 20.9. The molecule has 0 aliphatic carbocycles. The van der Waals surface area contributed by atoms with Crippen LogP contribution in [-0.4, -0.2) is 23.9 Å². The van der Waals surface area contributed by atoms with Crippen LogP contribution >= 0.6 is 23.2 Å². The molecule has 5 heteroatoms. The lowest BCUT2D eigenvalue weighted by atomic mass is 10.1. The van der Waals surface area contributed by atoms with Gasteiger partial charge in [0.2, 0.25) is 5.96 Å². The zero-order valence-corrected chi connectivity index (χ0v) is 18.5. The molecule has 0 bridgehead atoms. The molecule has 1 saturated heterocycles. The molecule has 0 unspecified atom stereocenters. The molecule has 1 atom stereocenters. The first kappa shape index (κ1) is 20.8. The summed E-state index contributed by atoms with van der Waals surface area (Å²) in [4.78, 5) is 9.79. The minimum Gasteiger partial charge on any atom is -0.340 e. The SMILES string of the molecule is CCCCN1C[C@@H](c2ccccc2)N(c2ccc(Cl)cc2)C1=Nc1ccc(Cl)cc1. The predicted octanol–water partition coefficient (Wildman–Crippen LogP) is 7.34. The highest BCUT2D eigenvalue weighted by molar-refractivity contribution is 6.31. The molecule has 0 spiro atoms. The average Bonchev–Trinajstić information content (AvgIpc) is 3.13. The van der Waals surface area contributed by atoms with Crippen LogP contribution in [0.2, 0.25) is 10.0 Å². The first-order valence-corrected chi connectivity index (χ1v) is 11.1. The Bertz CT molecular complexity index is 985. The van der Waals surface area contributed by atoms with Crippen LogP contribution in [0.3, 0.4) is 0 Å². The van der Waals surface area contributed by atoms with Crippen LogP contribution in [0.1, 0.15) is 31.4 Å². The van der Waals surface area contributed by atoms with Gasteiger partial charge in [-0.15, -0.1) is 0 Å². The van der Waals surface area contributed by atoms with Crippen LogP contribution in [0.25, 0.3) is 0 Å². The molecule has 1 aliphatic rings. The molecule has 0 amide bonds. The number of aliphatic imine (C=N–C) groups is 1. The van der Waals surface area contributed by atoms with Gasteiger partial charge < -0.3 is 9.80 Å². The summed E-state index contributed by atoms with van der Waals surface area (Å²) in [6.07, 6.45) is 2.26. The summed E-state index contributed by atoms with van der Waals surface area (Å²) in [7, 11) is 0. The predicted molar refractivity (Wildman–Crippen MR) is 128 cm³/mol. The quantitative estimate of drug-likeness (QED) is 0.401. The Kier molecular flexibility index (Phi) is 6.61. The molecule has 3 aromatic rings. The third kappa shape index (κ3) is 4.63. The summed E-state index contributed by atoms with van der Waals surface area (Å²) in [6, 6.07) is 26.5. The number of hydrogen-bond donors (Lipinski definition) is 0. The minimum absolute atomic E-state index is 0.176. The fourth-order valence-electron chi connectivity index (χ4n) is 3.79. The fourth-order valence-corrected chi connectivity index (χ4v) is 4.04. The number of rotatable bonds is 6. The molecular weight excluding hydrogens is 413 g/mol. The van der Waals surface area contributed by atoms with E-state index in [-0.39, 0.29) is 6.04 Å². The summed E-state index contributed by atoms with van der Waals surface area (Å²) in [5, 5.41) is 1.44. The highest BCUT2D eigenvalue weighted by atomic mass is 35.5. The summed E-state index contributed by atoms with van der Waals surface area (Å²) in [5.41, 5.74) is 3.25. The summed E-state index contributed by atoms with van der Waals surface area (Å²) >= 11 is 12.3. The maximum Gasteiger partial charge on any atom is 0.207 e. The molecule has 0 saturated carbocycles. The van der Waals surface area contributed by atoms with Crippen molar-refractivity contribution in [3.63, 3.8) is 0 Å². The van der Waals surface area contributed by atoms with Crippen molar-refractivity contribution in [2.24, 2.45) is 4.99 Å². The Hall–Kier alpha value is -2.49. The van der Waals surface area contributed by atoms with E-state index in [1.807, 2.05) is 36.4 Å². The maximum atomic E-state index is 6.18. The number of halogens is 2. The van der Waals surface area contributed by atoms with E-state index in [0.717, 1.165) is 48.3 Å². The van der Waals surface area contributed by atoms with Gasteiger partial charge in [-0.1, -0.05) is 66.9 Å². The van der Waals surface area contributed by atoms with E-state index in [0.29, 0.717) is 5.02 Å². The second-order valence-electron chi connectivity index (χ2n) is 7.46. The van der Waals surface area contributed by atoms with Crippen molar-refractivity contribution in [3.05, 3.63) is 94.5 Å². The molecule has 0 aromatic heterocycles. The van der Waals surface area contributed by atoms with E-state index < -0.39 is 0 Å². The summed E-state index contributed by atoms with van der Waals surface area (Å²) < 4.78 is 0. The van der Waals surface area contributed by atoms with Crippen molar-refractivity contribution in [1.29, 1.82) is 0 Å². The zero-order valence-electron chi connectivity index (χ0n) is 17.0. The van der Waals surface area contributed by atoms with Gasteiger partial charge in [-0.25, -0.2) is 4.99 Å². The van der Waals surface area contributed by atoms with Crippen molar-refractivity contribution < 1.29 is 0 Å².